The number of methoxy groups -OCH3 is 1. The Morgan fingerprint density at radius 2 is 2.10 bits per heavy atom. The molecule has 0 aliphatic heterocycles. The lowest BCUT2D eigenvalue weighted by molar-refractivity contribution is 0.102. The first-order valence-corrected chi connectivity index (χ1v) is 6.27. The lowest BCUT2D eigenvalue weighted by Crippen LogP contribution is -2.13. The van der Waals surface area contributed by atoms with Gasteiger partial charge in [-0.25, -0.2) is 4.98 Å². The Morgan fingerprint density at radius 1 is 1.25 bits per heavy atom. The van der Waals surface area contributed by atoms with E-state index in [1.54, 1.807) is 43.6 Å². The fourth-order valence-corrected chi connectivity index (χ4v) is 1.71. The lowest BCUT2D eigenvalue weighted by Gasteiger charge is -2.11. The van der Waals surface area contributed by atoms with Crippen molar-refractivity contribution >= 4 is 11.7 Å². The van der Waals surface area contributed by atoms with Crippen molar-refractivity contribution < 1.29 is 14.3 Å². The third kappa shape index (κ3) is 3.26. The molecule has 5 nitrogen and oxygen atoms in total. The van der Waals surface area contributed by atoms with Gasteiger partial charge in [0.2, 0.25) is 0 Å². The first-order valence-electron chi connectivity index (χ1n) is 6.27. The number of anilines is 1. The third-order valence-corrected chi connectivity index (χ3v) is 2.63. The van der Waals surface area contributed by atoms with Crippen LogP contribution in [0.4, 0.5) is 5.82 Å². The molecule has 5 heteroatoms. The normalized spacial score (nSPS) is 9.90. The maximum Gasteiger partial charge on any atom is 0.256 e. The van der Waals surface area contributed by atoms with Crippen LogP contribution in [-0.2, 0) is 0 Å². The largest absolute Gasteiger partial charge is 0.493 e. The Balaban J connectivity index is 2.19. The van der Waals surface area contributed by atoms with Gasteiger partial charge in [0.25, 0.3) is 5.91 Å². The van der Waals surface area contributed by atoms with Gasteiger partial charge in [-0.15, -0.1) is 0 Å². The molecule has 0 spiro atoms. The maximum absolute atomic E-state index is 12.1. The highest BCUT2D eigenvalue weighted by atomic mass is 16.5. The van der Waals surface area contributed by atoms with Gasteiger partial charge in [0.15, 0.2) is 11.5 Å². The van der Waals surface area contributed by atoms with Crippen LogP contribution in [0.1, 0.15) is 17.3 Å². The Kier molecular flexibility index (Phi) is 4.55. The van der Waals surface area contributed by atoms with Crippen molar-refractivity contribution in [3.8, 4) is 11.5 Å². The van der Waals surface area contributed by atoms with Gasteiger partial charge in [0, 0.05) is 11.8 Å². The van der Waals surface area contributed by atoms with Gasteiger partial charge in [-0.1, -0.05) is 6.07 Å². The van der Waals surface area contributed by atoms with E-state index in [2.05, 4.69) is 10.3 Å². The van der Waals surface area contributed by atoms with Gasteiger partial charge in [-0.3, -0.25) is 4.79 Å². The molecule has 2 rings (SSSR count). The summed E-state index contributed by atoms with van der Waals surface area (Å²) in [5, 5.41) is 2.72. The zero-order valence-corrected chi connectivity index (χ0v) is 11.4. The minimum Gasteiger partial charge on any atom is -0.493 e. The summed E-state index contributed by atoms with van der Waals surface area (Å²) >= 11 is 0. The molecule has 0 saturated carbocycles. The molecule has 1 heterocycles. The first kappa shape index (κ1) is 13.9. The molecule has 0 bridgehead atoms. The standard InChI is InChI=1S/C15H16N2O3/c1-3-20-13-10-11(7-8-12(13)19-2)15(18)17-14-6-4-5-9-16-14/h4-10H,3H2,1-2H3,(H,16,17,18). The predicted molar refractivity (Wildman–Crippen MR) is 76.4 cm³/mol. The summed E-state index contributed by atoms with van der Waals surface area (Å²) in [5.74, 6) is 1.41. The summed E-state index contributed by atoms with van der Waals surface area (Å²) in [6.45, 7) is 2.38. The van der Waals surface area contributed by atoms with E-state index in [-0.39, 0.29) is 5.91 Å². The molecule has 2 aromatic rings. The Hall–Kier alpha value is -2.56. The van der Waals surface area contributed by atoms with Gasteiger partial charge in [0.1, 0.15) is 5.82 Å². The maximum atomic E-state index is 12.1. The summed E-state index contributed by atoms with van der Waals surface area (Å²) in [7, 11) is 1.56. The van der Waals surface area contributed by atoms with E-state index in [0.29, 0.717) is 29.5 Å². The average molecular weight is 272 g/mol. The number of rotatable bonds is 5. The lowest BCUT2D eigenvalue weighted by atomic mass is 10.2. The highest BCUT2D eigenvalue weighted by molar-refractivity contribution is 6.04. The molecule has 1 amide bonds. The Labute approximate surface area is 117 Å². The van der Waals surface area contributed by atoms with Crippen molar-refractivity contribution in [1.29, 1.82) is 0 Å². The monoisotopic (exact) mass is 272 g/mol. The molecule has 0 atom stereocenters. The van der Waals surface area contributed by atoms with E-state index >= 15 is 0 Å². The van der Waals surface area contributed by atoms with E-state index < -0.39 is 0 Å². The van der Waals surface area contributed by atoms with E-state index in [9.17, 15) is 4.79 Å². The van der Waals surface area contributed by atoms with Crippen molar-refractivity contribution in [2.75, 3.05) is 19.0 Å². The number of nitrogens with one attached hydrogen (secondary N) is 1. The molecule has 1 aromatic carbocycles. The summed E-state index contributed by atoms with van der Waals surface area (Å²) in [6.07, 6.45) is 1.62. The quantitative estimate of drug-likeness (QED) is 0.909. The van der Waals surface area contributed by atoms with Crippen LogP contribution in [-0.4, -0.2) is 24.6 Å². The van der Waals surface area contributed by atoms with Crippen molar-refractivity contribution in [3.05, 3.63) is 48.2 Å². The van der Waals surface area contributed by atoms with E-state index in [1.165, 1.54) is 0 Å². The zero-order chi connectivity index (χ0) is 14.4. The van der Waals surface area contributed by atoms with Gasteiger partial charge in [-0.2, -0.15) is 0 Å². The van der Waals surface area contributed by atoms with Crippen LogP contribution in [0, 0.1) is 0 Å². The van der Waals surface area contributed by atoms with Crippen LogP contribution in [0.2, 0.25) is 0 Å². The molecule has 0 unspecified atom stereocenters. The van der Waals surface area contributed by atoms with E-state index in [1.807, 2.05) is 13.0 Å². The van der Waals surface area contributed by atoms with E-state index in [4.69, 9.17) is 9.47 Å². The van der Waals surface area contributed by atoms with Crippen LogP contribution in [0.5, 0.6) is 11.5 Å². The molecule has 20 heavy (non-hydrogen) atoms. The molecule has 1 aromatic heterocycles. The smallest absolute Gasteiger partial charge is 0.256 e. The van der Waals surface area contributed by atoms with Crippen molar-refractivity contribution in [2.45, 2.75) is 6.92 Å². The highest BCUT2D eigenvalue weighted by Crippen LogP contribution is 2.28. The highest BCUT2D eigenvalue weighted by Gasteiger charge is 2.11. The fourth-order valence-electron chi connectivity index (χ4n) is 1.71. The van der Waals surface area contributed by atoms with Crippen LogP contribution in [0.25, 0.3) is 0 Å². The first-order chi connectivity index (χ1) is 9.74. The number of aromatic nitrogens is 1. The molecular formula is C15H16N2O3. The average Bonchev–Trinajstić information content (AvgIpc) is 2.48. The molecule has 0 aliphatic rings. The van der Waals surface area contributed by atoms with Crippen molar-refractivity contribution in [3.63, 3.8) is 0 Å². The Bertz CT molecular complexity index is 585. The number of ether oxygens (including phenoxy) is 2. The van der Waals surface area contributed by atoms with Crippen LogP contribution >= 0.6 is 0 Å². The molecule has 1 N–H and O–H groups in total. The molecule has 0 fully saturated rings. The van der Waals surface area contributed by atoms with Gasteiger partial charge in [-0.05, 0) is 37.3 Å². The summed E-state index contributed by atoms with van der Waals surface area (Å²) in [5.41, 5.74) is 0.486. The number of nitrogens with zero attached hydrogens (tertiary/aromatic N) is 1. The van der Waals surface area contributed by atoms with Gasteiger partial charge < -0.3 is 14.8 Å². The second kappa shape index (κ2) is 6.56. The molecule has 0 saturated heterocycles. The minimum absolute atomic E-state index is 0.243. The van der Waals surface area contributed by atoms with Crippen molar-refractivity contribution in [2.24, 2.45) is 0 Å². The Morgan fingerprint density at radius 3 is 2.75 bits per heavy atom. The summed E-state index contributed by atoms with van der Waals surface area (Å²) < 4.78 is 10.6. The number of hydrogen-bond donors (Lipinski definition) is 1. The number of carbonyl (C=O) groups excluding carboxylic acids is 1. The number of pyridine rings is 1. The summed E-state index contributed by atoms with van der Waals surface area (Å²) in [4.78, 5) is 16.2. The molecule has 0 radical (unpaired) electrons. The van der Waals surface area contributed by atoms with Crippen molar-refractivity contribution in [1.82, 2.24) is 4.98 Å². The van der Waals surface area contributed by atoms with Crippen LogP contribution in [0.15, 0.2) is 42.6 Å². The van der Waals surface area contributed by atoms with E-state index in [0.717, 1.165) is 0 Å². The van der Waals surface area contributed by atoms with Gasteiger partial charge >= 0.3 is 0 Å². The SMILES string of the molecule is CCOc1cc(C(=O)Nc2ccccn2)ccc1OC. The zero-order valence-electron chi connectivity index (χ0n) is 11.4. The second-order valence-electron chi connectivity index (χ2n) is 3.97. The number of benzene rings is 1. The topological polar surface area (TPSA) is 60.5 Å². The van der Waals surface area contributed by atoms with Gasteiger partial charge in [0.05, 0.1) is 13.7 Å². The second-order valence-corrected chi connectivity index (χ2v) is 3.97. The summed E-state index contributed by atoms with van der Waals surface area (Å²) in [6, 6.07) is 10.4. The number of amides is 1. The molecular weight excluding hydrogens is 256 g/mol. The minimum atomic E-state index is -0.243. The third-order valence-electron chi connectivity index (χ3n) is 2.63. The fraction of sp³-hybridized carbons (Fsp3) is 0.200. The molecule has 104 valence electrons. The van der Waals surface area contributed by atoms with Crippen LogP contribution < -0.4 is 14.8 Å². The predicted octanol–water partition coefficient (Wildman–Crippen LogP) is 2.74. The number of carbonyl (C=O) groups is 1. The number of hydrogen-bond acceptors (Lipinski definition) is 4. The molecule has 0 aliphatic carbocycles. The van der Waals surface area contributed by atoms with Crippen LogP contribution in [0.3, 0.4) is 0 Å².